The predicted octanol–water partition coefficient (Wildman–Crippen LogP) is 2.17. The number of Topliss-reactive ketones (excluding diaryl/α,β-unsaturated/α-hetero) is 1. The Balaban J connectivity index is 3.87. The van der Waals surface area contributed by atoms with Crippen LogP contribution in [0.15, 0.2) is 0 Å². The Kier molecular flexibility index (Phi) is 5.40. The summed E-state index contributed by atoms with van der Waals surface area (Å²) in [5.41, 5.74) is -0.878. The molecule has 0 aromatic rings. The lowest BCUT2D eigenvalue weighted by molar-refractivity contribution is -0.123. The maximum atomic E-state index is 11.1. The molecule has 0 spiro atoms. The summed E-state index contributed by atoms with van der Waals surface area (Å²) in [7, 11) is 0. The normalized spacial score (nSPS) is 14.9. The van der Waals surface area contributed by atoms with Crippen molar-refractivity contribution in [2.45, 2.75) is 34.1 Å². The summed E-state index contributed by atoms with van der Waals surface area (Å²) in [6, 6.07) is 2.04. The van der Waals surface area contributed by atoms with E-state index < -0.39 is 5.41 Å². The highest BCUT2D eigenvalue weighted by Crippen LogP contribution is 2.21. The van der Waals surface area contributed by atoms with E-state index >= 15 is 0 Å². The van der Waals surface area contributed by atoms with E-state index in [2.05, 4.69) is 13.8 Å². The summed E-state index contributed by atoms with van der Waals surface area (Å²) in [5.74, 6) is 0.397. The van der Waals surface area contributed by atoms with E-state index in [9.17, 15) is 4.79 Å². The Morgan fingerprint density at radius 3 is 2.50 bits per heavy atom. The zero-order valence-electron chi connectivity index (χ0n) is 9.46. The minimum atomic E-state index is -0.878. The van der Waals surface area contributed by atoms with Crippen LogP contribution in [0.5, 0.6) is 0 Å². The molecule has 0 saturated heterocycles. The first-order chi connectivity index (χ1) is 6.42. The van der Waals surface area contributed by atoms with E-state index in [0.717, 1.165) is 0 Å². The Labute approximate surface area is 86.1 Å². The average molecular weight is 197 g/mol. The molecular weight excluding hydrogens is 178 g/mol. The number of carbonyl (C=O) groups is 1. The zero-order chi connectivity index (χ0) is 11.2. The van der Waals surface area contributed by atoms with Crippen LogP contribution in [0.3, 0.4) is 0 Å². The van der Waals surface area contributed by atoms with Gasteiger partial charge in [0, 0.05) is 13.2 Å². The fourth-order valence-electron chi connectivity index (χ4n) is 0.906. The molecule has 0 heterocycles. The third kappa shape index (κ3) is 4.38. The van der Waals surface area contributed by atoms with Crippen molar-refractivity contribution in [3.8, 4) is 6.07 Å². The van der Waals surface area contributed by atoms with Crippen molar-refractivity contribution >= 4 is 5.78 Å². The molecule has 80 valence electrons. The van der Waals surface area contributed by atoms with Gasteiger partial charge in [0.1, 0.15) is 11.2 Å². The predicted molar refractivity (Wildman–Crippen MR) is 54.7 cm³/mol. The molecule has 0 N–H and O–H groups in total. The van der Waals surface area contributed by atoms with E-state index in [1.807, 2.05) is 6.07 Å². The van der Waals surface area contributed by atoms with Crippen LogP contribution < -0.4 is 0 Å². The molecule has 0 bridgehead atoms. The molecule has 0 saturated carbocycles. The fraction of sp³-hybridized carbons (Fsp3) is 0.818. The van der Waals surface area contributed by atoms with Crippen LogP contribution in [0.2, 0.25) is 0 Å². The molecule has 0 radical (unpaired) electrons. The van der Waals surface area contributed by atoms with Crippen molar-refractivity contribution in [1.29, 1.82) is 5.26 Å². The molecule has 0 aliphatic rings. The molecule has 0 aliphatic carbocycles. The summed E-state index contributed by atoms with van der Waals surface area (Å²) in [6.45, 7) is 8.39. The number of carbonyl (C=O) groups excluding carboxylic acids is 1. The van der Waals surface area contributed by atoms with Gasteiger partial charge >= 0.3 is 0 Å². The van der Waals surface area contributed by atoms with E-state index in [1.54, 1.807) is 6.92 Å². The topological polar surface area (TPSA) is 50.1 Å². The molecule has 0 amide bonds. The molecule has 1 atom stereocenters. The van der Waals surface area contributed by atoms with Gasteiger partial charge in [-0.3, -0.25) is 4.79 Å². The maximum absolute atomic E-state index is 11.1. The van der Waals surface area contributed by atoms with Gasteiger partial charge in [-0.05, 0) is 26.2 Å². The average Bonchev–Trinajstić information content (AvgIpc) is 2.11. The third-order valence-corrected chi connectivity index (χ3v) is 2.22. The second-order valence-electron chi connectivity index (χ2n) is 4.22. The largest absolute Gasteiger partial charge is 0.381 e. The standard InChI is InChI=1S/C11H19NO2/c1-9(2)7-14-6-5-11(4,8-12)10(3)13/h9H,5-7H2,1-4H3. The third-order valence-electron chi connectivity index (χ3n) is 2.22. The summed E-state index contributed by atoms with van der Waals surface area (Å²) < 4.78 is 5.34. The summed E-state index contributed by atoms with van der Waals surface area (Å²) in [5, 5.41) is 8.84. The van der Waals surface area contributed by atoms with Gasteiger partial charge in [0.15, 0.2) is 0 Å². The second kappa shape index (κ2) is 5.77. The first-order valence-electron chi connectivity index (χ1n) is 4.92. The minimum absolute atomic E-state index is 0.0897. The second-order valence-corrected chi connectivity index (χ2v) is 4.22. The quantitative estimate of drug-likeness (QED) is 0.613. The number of hydrogen-bond acceptors (Lipinski definition) is 3. The molecule has 0 aliphatic heterocycles. The van der Waals surface area contributed by atoms with Crippen molar-refractivity contribution in [1.82, 2.24) is 0 Å². The van der Waals surface area contributed by atoms with Gasteiger partial charge in [-0.15, -0.1) is 0 Å². The minimum Gasteiger partial charge on any atom is -0.381 e. The lowest BCUT2D eigenvalue weighted by atomic mass is 9.85. The fourth-order valence-corrected chi connectivity index (χ4v) is 0.906. The highest BCUT2D eigenvalue weighted by molar-refractivity contribution is 5.84. The maximum Gasteiger partial charge on any atom is 0.149 e. The number of hydrogen-bond donors (Lipinski definition) is 0. The summed E-state index contributed by atoms with van der Waals surface area (Å²) in [4.78, 5) is 11.1. The Hall–Kier alpha value is -0.880. The van der Waals surface area contributed by atoms with Crippen molar-refractivity contribution in [2.24, 2.45) is 11.3 Å². The Morgan fingerprint density at radius 1 is 1.57 bits per heavy atom. The van der Waals surface area contributed by atoms with Crippen molar-refractivity contribution in [3.05, 3.63) is 0 Å². The van der Waals surface area contributed by atoms with Crippen molar-refractivity contribution < 1.29 is 9.53 Å². The molecular formula is C11H19NO2. The van der Waals surface area contributed by atoms with Crippen LogP contribution in [-0.2, 0) is 9.53 Å². The van der Waals surface area contributed by atoms with E-state index in [4.69, 9.17) is 10.00 Å². The van der Waals surface area contributed by atoms with E-state index in [-0.39, 0.29) is 5.78 Å². The zero-order valence-corrected chi connectivity index (χ0v) is 9.46. The summed E-state index contributed by atoms with van der Waals surface area (Å²) in [6.07, 6.45) is 0.478. The number of rotatable bonds is 6. The molecule has 3 heteroatoms. The highest BCUT2D eigenvalue weighted by Gasteiger charge is 2.29. The first kappa shape index (κ1) is 13.1. The lowest BCUT2D eigenvalue weighted by Crippen LogP contribution is -2.25. The molecule has 0 fully saturated rings. The van der Waals surface area contributed by atoms with Crippen LogP contribution in [0, 0.1) is 22.7 Å². The van der Waals surface area contributed by atoms with Gasteiger partial charge in [0.25, 0.3) is 0 Å². The SMILES string of the molecule is CC(=O)C(C)(C#N)CCOCC(C)C. The van der Waals surface area contributed by atoms with Gasteiger partial charge in [-0.25, -0.2) is 0 Å². The van der Waals surface area contributed by atoms with Gasteiger partial charge < -0.3 is 4.74 Å². The van der Waals surface area contributed by atoms with Crippen molar-refractivity contribution in [2.75, 3.05) is 13.2 Å². The molecule has 14 heavy (non-hydrogen) atoms. The highest BCUT2D eigenvalue weighted by atomic mass is 16.5. The molecule has 0 aromatic carbocycles. The smallest absolute Gasteiger partial charge is 0.149 e. The Morgan fingerprint density at radius 2 is 2.14 bits per heavy atom. The van der Waals surface area contributed by atoms with E-state index in [1.165, 1.54) is 6.92 Å². The number of nitrogens with zero attached hydrogens (tertiary/aromatic N) is 1. The van der Waals surface area contributed by atoms with Crippen LogP contribution >= 0.6 is 0 Å². The van der Waals surface area contributed by atoms with Crippen LogP contribution in [-0.4, -0.2) is 19.0 Å². The van der Waals surface area contributed by atoms with Gasteiger partial charge in [-0.2, -0.15) is 5.26 Å². The summed E-state index contributed by atoms with van der Waals surface area (Å²) >= 11 is 0. The monoisotopic (exact) mass is 197 g/mol. The number of ether oxygens (including phenoxy) is 1. The van der Waals surface area contributed by atoms with Gasteiger partial charge in [0.2, 0.25) is 0 Å². The molecule has 0 rings (SSSR count). The molecule has 0 aromatic heterocycles. The molecule has 1 unspecified atom stereocenters. The first-order valence-corrected chi connectivity index (χ1v) is 4.92. The number of ketones is 1. The van der Waals surface area contributed by atoms with E-state index in [0.29, 0.717) is 25.6 Å². The van der Waals surface area contributed by atoms with Gasteiger partial charge in [0.05, 0.1) is 6.07 Å². The molecule has 3 nitrogen and oxygen atoms in total. The van der Waals surface area contributed by atoms with Gasteiger partial charge in [-0.1, -0.05) is 13.8 Å². The Bertz CT molecular complexity index is 230. The van der Waals surface area contributed by atoms with Crippen LogP contribution in [0.4, 0.5) is 0 Å². The van der Waals surface area contributed by atoms with Crippen LogP contribution in [0.1, 0.15) is 34.1 Å². The number of nitriles is 1. The van der Waals surface area contributed by atoms with Crippen LogP contribution in [0.25, 0.3) is 0 Å². The lowest BCUT2D eigenvalue weighted by Gasteiger charge is -2.17. The van der Waals surface area contributed by atoms with Crippen molar-refractivity contribution in [3.63, 3.8) is 0 Å².